The van der Waals surface area contributed by atoms with Crippen LogP contribution in [0.5, 0.6) is 0 Å². The summed E-state index contributed by atoms with van der Waals surface area (Å²) in [6.07, 6.45) is -4.88. The zero-order chi connectivity index (χ0) is 30.6. The van der Waals surface area contributed by atoms with E-state index >= 15 is 0 Å². The molecule has 0 saturated carbocycles. The number of carboxylic acids is 2. The number of anilines is 2. The number of thiazole rings is 2. The third kappa shape index (κ3) is 6.52. The summed E-state index contributed by atoms with van der Waals surface area (Å²) in [7, 11) is 0. The highest BCUT2D eigenvalue weighted by Gasteiger charge is 2.28. The van der Waals surface area contributed by atoms with Crippen molar-refractivity contribution in [3.05, 3.63) is 55.3 Å². The fraction of sp³-hybridized carbons (Fsp3) is 0.273. The van der Waals surface area contributed by atoms with Gasteiger partial charge in [-0.05, 0) is 12.1 Å². The van der Waals surface area contributed by atoms with Crippen molar-refractivity contribution in [2.75, 3.05) is 23.7 Å². The fourth-order valence-electron chi connectivity index (χ4n) is 3.73. The van der Waals surface area contributed by atoms with Crippen LogP contribution in [0.4, 0.5) is 22.0 Å². The normalized spacial score (nSPS) is 14.0. The molecule has 2 aliphatic heterocycles. The number of nitrogens with zero attached hydrogens (tertiary/aromatic N) is 4. The van der Waals surface area contributed by atoms with E-state index in [0.29, 0.717) is 11.5 Å². The quantitative estimate of drug-likeness (QED) is 0.103. The second-order valence-corrected chi connectivity index (χ2v) is 10.0. The Kier molecular flexibility index (Phi) is 9.10. The van der Waals surface area contributed by atoms with Crippen LogP contribution >= 0.6 is 22.7 Å². The van der Waals surface area contributed by atoms with E-state index < -0.39 is 34.0 Å². The molecule has 0 aromatic carbocycles. The first-order valence-corrected chi connectivity index (χ1v) is 13.5. The lowest BCUT2D eigenvalue weighted by atomic mass is 10.2. The molecule has 2 atom stereocenters. The molecule has 0 fully saturated rings. The van der Waals surface area contributed by atoms with Gasteiger partial charge < -0.3 is 38.8 Å². The molecule has 18 nitrogen and oxygen atoms in total. The summed E-state index contributed by atoms with van der Waals surface area (Å²) in [6.45, 7) is 3.51. The average molecular weight is 625 g/mol. The van der Waals surface area contributed by atoms with Gasteiger partial charge in [0.15, 0.2) is 22.9 Å². The summed E-state index contributed by atoms with van der Waals surface area (Å²) in [4.78, 5) is 39.2. The maximum absolute atomic E-state index is 10.5. The number of carbonyl (C=O) groups excluding carboxylic acids is 2. The zero-order valence-electron chi connectivity index (χ0n) is 21.0. The lowest BCUT2D eigenvalue weighted by Crippen LogP contribution is -2.51. The molecule has 0 aliphatic carbocycles. The van der Waals surface area contributed by atoms with Crippen LogP contribution < -0.4 is 30.0 Å². The topological polar surface area (TPSA) is 265 Å². The average Bonchev–Trinajstić information content (AvgIpc) is 3.77. The Bertz CT molecular complexity index is 1510. The second-order valence-electron chi connectivity index (χ2n) is 8.33. The maximum atomic E-state index is 10.5. The summed E-state index contributed by atoms with van der Waals surface area (Å²) in [5, 5.41) is 69.2. The van der Waals surface area contributed by atoms with Crippen molar-refractivity contribution in [2.45, 2.75) is 25.3 Å². The van der Waals surface area contributed by atoms with Gasteiger partial charge in [-0.15, -0.1) is 0 Å². The maximum Gasteiger partial charge on any atom is 0.433 e. The summed E-state index contributed by atoms with van der Waals surface area (Å²) >= 11 is 3.15. The van der Waals surface area contributed by atoms with Gasteiger partial charge >= 0.3 is 22.0 Å². The molecule has 42 heavy (non-hydrogen) atoms. The van der Waals surface area contributed by atoms with Gasteiger partial charge in [-0.25, -0.2) is 9.13 Å². The Morgan fingerprint density at radius 3 is 1.48 bits per heavy atom. The molecule has 0 saturated heterocycles. The van der Waals surface area contributed by atoms with Gasteiger partial charge in [0, 0.05) is 10.8 Å². The second kappa shape index (κ2) is 12.7. The molecule has 0 amide bonds. The number of fused-ring (bicyclic) bond motifs is 2. The SMILES string of the molecule is O=C([O-])C(O)C(O)C(=O)[O-].O=[N+]([O-])c1ccc(-c2csc3[n+]2CCN3)o1.O=[N+]([O-])c1ccc(-c2csc3[n+]2CCN3)o1. The molecule has 2 aliphatic rings. The summed E-state index contributed by atoms with van der Waals surface area (Å²) in [5.41, 5.74) is 1.77. The number of aliphatic carboxylic acids is 2. The van der Waals surface area contributed by atoms with E-state index in [1.165, 1.54) is 12.1 Å². The number of hydrogen-bond donors (Lipinski definition) is 4. The monoisotopic (exact) mass is 624 g/mol. The first-order valence-electron chi connectivity index (χ1n) is 11.7. The largest absolute Gasteiger partial charge is 0.547 e. The Morgan fingerprint density at radius 1 is 0.786 bits per heavy atom. The van der Waals surface area contributed by atoms with Crippen LogP contribution in [0.25, 0.3) is 22.9 Å². The minimum atomic E-state index is -2.44. The number of carboxylic acid groups (broad SMARTS) is 2. The first kappa shape index (κ1) is 30.0. The standard InChI is InChI=1S/2C9H7N3O3S.C4H6O6/c2*13-12(14)8-2-1-7(15-8)6-5-16-9-10-3-4-11(6)9;5-1(3(7)8)2(6)4(9)10/h2*1-2,5H,3-4H2;1-2,5-6H,(H,7,8)(H,9,10). The van der Waals surface area contributed by atoms with E-state index in [1.54, 1.807) is 34.8 Å². The number of carbonyl (C=O) groups is 2. The molecule has 222 valence electrons. The molecule has 6 heterocycles. The minimum absolute atomic E-state index is 0.221. The third-order valence-corrected chi connectivity index (χ3v) is 7.55. The number of aromatic nitrogens is 2. The number of nitro groups is 2. The van der Waals surface area contributed by atoms with Crippen molar-refractivity contribution in [1.29, 1.82) is 0 Å². The van der Waals surface area contributed by atoms with Crippen LogP contribution in [-0.2, 0) is 22.7 Å². The highest BCUT2D eigenvalue weighted by molar-refractivity contribution is 7.13. The van der Waals surface area contributed by atoms with Gasteiger partial charge in [-0.1, -0.05) is 22.7 Å². The van der Waals surface area contributed by atoms with E-state index in [1.807, 2.05) is 10.8 Å². The molecule has 6 rings (SSSR count). The van der Waals surface area contributed by atoms with Crippen LogP contribution in [0.1, 0.15) is 0 Å². The van der Waals surface area contributed by atoms with Crippen molar-refractivity contribution >= 4 is 56.6 Å². The third-order valence-electron chi connectivity index (χ3n) is 5.69. The van der Waals surface area contributed by atoms with E-state index in [-0.39, 0.29) is 11.8 Å². The predicted octanol–water partition coefficient (Wildman–Crippen LogP) is -1.53. The van der Waals surface area contributed by atoms with Crippen LogP contribution in [-0.4, -0.2) is 57.3 Å². The minimum Gasteiger partial charge on any atom is -0.547 e. The molecular formula is C22H20N6O12S2. The zero-order valence-corrected chi connectivity index (χ0v) is 22.7. The van der Waals surface area contributed by atoms with Crippen molar-refractivity contribution in [1.82, 2.24) is 0 Å². The Hall–Kier alpha value is -4.92. The van der Waals surface area contributed by atoms with Gasteiger partial charge in [-0.3, -0.25) is 30.9 Å². The van der Waals surface area contributed by atoms with E-state index in [4.69, 9.17) is 19.0 Å². The number of aliphatic hydroxyl groups excluding tert-OH is 2. The van der Waals surface area contributed by atoms with Crippen LogP contribution in [0.3, 0.4) is 0 Å². The summed E-state index contributed by atoms with van der Waals surface area (Å²) < 4.78 is 14.5. The molecular weight excluding hydrogens is 604 g/mol. The van der Waals surface area contributed by atoms with E-state index in [0.717, 1.165) is 47.8 Å². The Morgan fingerprint density at radius 2 is 1.17 bits per heavy atom. The lowest BCUT2D eigenvalue weighted by molar-refractivity contribution is -0.656. The van der Waals surface area contributed by atoms with Gasteiger partial charge in [0.25, 0.3) is 0 Å². The van der Waals surface area contributed by atoms with Gasteiger partial charge in [0.2, 0.25) is 0 Å². The number of furan rings is 2. The predicted molar refractivity (Wildman–Crippen MR) is 137 cm³/mol. The molecule has 0 spiro atoms. The number of hydrogen-bond acceptors (Lipinski definition) is 16. The fourth-order valence-corrected chi connectivity index (χ4v) is 5.67. The molecule has 0 bridgehead atoms. The number of rotatable bonds is 7. The van der Waals surface area contributed by atoms with Gasteiger partial charge in [-0.2, -0.15) is 0 Å². The number of nitrogens with one attached hydrogen (secondary N) is 2. The molecule has 2 unspecified atom stereocenters. The van der Waals surface area contributed by atoms with Gasteiger partial charge in [0.05, 0.1) is 24.1 Å². The van der Waals surface area contributed by atoms with E-state index in [2.05, 4.69) is 19.8 Å². The highest BCUT2D eigenvalue weighted by Crippen LogP contribution is 2.30. The molecule has 20 heteroatoms. The van der Waals surface area contributed by atoms with Crippen molar-refractivity contribution in [3.8, 4) is 22.9 Å². The highest BCUT2D eigenvalue weighted by atomic mass is 32.1. The van der Waals surface area contributed by atoms with Crippen LogP contribution in [0.2, 0.25) is 0 Å². The molecule has 4 aromatic heterocycles. The molecule has 0 radical (unpaired) electrons. The smallest absolute Gasteiger partial charge is 0.433 e. The van der Waals surface area contributed by atoms with Gasteiger partial charge in [0.1, 0.15) is 48.2 Å². The molecule has 4 aromatic rings. The van der Waals surface area contributed by atoms with Crippen molar-refractivity contribution in [3.63, 3.8) is 0 Å². The van der Waals surface area contributed by atoms with Crippen molar-refractivity contribution < 1.29 is 57.8 Å². The summed E-state index contributed by atoms with van der Waals surface area (Å²) in [5.74, 6) is -3.48. The van der Waals surface area contributed by atoms with Crippen molar-refractivity contribution in [2.24, 2.45) is 0 Å². The lowest BCUT2D eigenvalue weighted by Gasteiger charge is -2.18. The summed E-state index contributed by atoms with van der Waals surface area (Å²) in [6, 6.07) is 6.02. The number of aliphatic hydroxyl groups is 2. The Balaban J connectivity index is 0.000000150. The first-order chi connectivity index (χ1) is 20.0. The molecule has 4 N–H and O–H groups in total. The van der Waals surface area contributed by atoms with Crippen LogP contribution in [0.15, 0.2) is 43.9 Å². The van der Waals surface area contributed by atoms with Crippen LogP contribution in [0, 0.1) is 20.2 Å². The Labute approximate surface area is 241 Å². The van der Waals surface area contributed by atoms with E-state index in [9.17, 15) is 40.0 Å².